The summed E-state index contributed by atoms with van der Waals surface area (Å²) in [7, 11) is 0. The zero-order valence-electron chi connectivity index (χ0n) is 11.2. The zero-order chi connectivity index (χ0) is 14.8. The standard InChI is InChI=1S/C16H14BrF2NO/c17-15-5-10(9-20-13-2-3-13)1-4-16(15)21-14-7-11(18)6-12(19)8-14/h1,4-8,13,20H,2-3,9H2. The summed E-state index contributed by atoms with van der Waals surface area (Å²) >= 11 is 3.42. The van der Waals surface area contributed by atoms with Gasteiger partial charge in [-0.05, 0) is 46.5 Å². The van der Waals surface area contributed by atoms with Crippen molar-refractivity contribution in [3.63, 3.8) is 0 Å². The van der Waals surface area contributed by atoms with Crippen LogP contribution < -0.4 is 10.1 Å². The maximum Gasteiger partial charge on any atom is 0.141 e. The Labute approximate surface area is 130 Å². The molecule has 0 radical (unpaired) electrons. The Bertz CT molecular complexity index is 638. The maximum atomic E-state index is 13.1. The molecule has 3 rings (SSSR count). The summed E-state index contributed by atoms with van der Waals surface area (Å²) in [5, 5.41) is 3.42. The molecule has 5 heteroatoms. The second-order valence-corrected chi connectivity index (χ2v) is 5.98. The molecule has 110 valence electrons. The number of hydrogen-bond donors (Lipinski definition) is 1. The highest BCUT2D eigenvalue weighted by Crippen LogP contribution is 2.31. The molecule has 0 saturated heterocycles. The molecule has 2 aromatic rings. The molecule has 1 aliphatic rings. The fourth-order valence-corrected chi connectivity index (χ4v) is 2.51. The molecule has 1 N–H and O–H groups in total. The minimum absolute atomic E-state index is 0.136. The van der Waals surface area contributed by atoms with E-state index in [-0.39, 0.29) is 5.75 Å². The summed E-state index contributed by atoms with van der Waals surface area (Å²) in [5.41, 5.74) is 1.13. The molecule has 0 bridgehead atoms. The Morgan fingerprint density at radius 1 is 1.10 bits per heavy atom. The Morgan fingerprint density at radius 2 is 1.81 bits per heavy atom. The molecule has 0 atom stereocenters. The van der Waals surface area contributed by atoms with Crippen molar-refractivity contribution < 1.29 is 13.5 Å². The second kappa shape index (κ2) is 6.12. The van der Waals surface area contributed by atoms with E-state index in [0.717, 1.165) is 34.8 Å². The molecule has 1 saturated carbocycles. The van der Waals surface area contributed by atoms with E-state index < -0.39 is 11.6 Å². The first-order valence-electron chi connectivity index (χ1n) is 6.76. The van der Waals surface area contributed by atoms with Gasteiger partial charge in [0, 0.05) is 30.8 Å². The normalized spacial score (nSPS) is 14.2. The molecule has 0 aliphatic heterocycles. The van der Waals surface area contributed by atoms with Gasteiger partial charge in [-0.2, -0.15) is 0 Å². The number of benzene rings is 2. The smallest absolute Gasteiger partial charge is 0.141 e. The van der Waals surface area contributed by atoms with Gasteiger partial charge in [-0.15, -0.1) is 0 Å². The quantitative estimate of drug-likeness (QED) is 0.835. The Morgan fingerprint density at radius 3 is 2.43 bits per heavy atom. The van der Waals surface area contributed by atoms with Crippen LogP contribution in [-0.2, 0) is 6.54 Å². The average molecular weight is 354 g/mol. The van der Waals surface area contributed by atoms with Crippen LogP contribution in [0.5, 0.6) is 11.5 Å². The second-order valence-electron chi connectivity index (χ2n) is 5.13. The molecule has 1 aliphatic carbocycles. The largest absolute Gasteiger partial charge is 0.456 e. The molecular weight excluding hydrogens is 340 g/mol. The van der Waals surface area contributed by atoms with Crippen LogP contribution in [0.4, 0.5) is 8.78 Å². The van der Waals surface area contributed by atoms with Gasteiger partial charge in [-0.1, -0.05) is 6.07 Å². The van der Waals surface area contributed by atoms with E-state index in [1.54, 1.807) is 6.07 Å². The van der Waals surface area contributed by atoms with E-state index in [2.05, 4.69) is 21.2 Å². The molecule has 0 amide bonds. The lowest BCUT2D eigenvalue weighted by Crippen LogP contribution is -2.15. The summed E-state index contributed by atoms with van der Waals surface area (Å²) in [5.74, 6) is -0.662. The van der Waals surface area contributed by atoms with Gasteiger partial charge in [0.25, 0.3) is 0 Å². The van der Waals surface area contributed by atoms with Crippen LogP contribution in [-0.4, -0.2) is 6.04 Å². The predicted octanol–water partition coefficient (Wildman–Crippen LogP) is 4.77. The Balaban J connectivity index is 1.72. The van der Waals surface area contributed by atoms with Crippen LogP contribution in [0.15, 0.2) is 40.9 Å². The van der Waals surface area contributed by atoms with Gasteiger partial charge in [0.2, 0.25) is 0 Å². The van der Waals surface area contributed by atoms with Crippen molar-refractivity contribution in [1.82, 2.24) is 5.32 Å². The van der Waals surface area contributed by atoms with Crippen LogP contribution in [0, 0.1) is 11.6 Å². The van der Waals surface area contributed by atoms with Crippen LogP contribution in [0.2, 0.25) is 0 Å². The molecule has 0 spiro atoms. The SMILES string of the molecule is Fc1cc(F)cc(Oc2ccc(CNC3CC3)cc2Br)c1. The molecule has 0 unspecified atom stereocenters. The van der Waals surface area contributed by atoms with Gasteiger partial charge in [0.1, 0.15) is 23.1 Å². The number of halogens is 3. The lowest BCUT2D eigenvalue weighted by Gasteiger charge is -2.10. The summed E-state index contributed by atoms with van der Waals surface area (Å²) in [4.78, 5) is 0. The van der Waals surface area contributed by atoms with E-state index >= 15 is 0 Å². The van der Waals surface area contributed by atoms with Gasteiger partial charge in [-0.25, -0.2) is 8.78 Å². The summed E-state index contributed by atoms with van der Waals surface area (Å²) in [6.45, 7) is 0.804. The topological polar surface area (TPSA) is 21.3 Å². The van der Waals surface area contributed by atoms with E-state index in [4.69, 9.17) is 4.74 Å². The van der Waals surface area contributed by atoms with Crippen LogP contribution in [0.25, 0.3) is 0 Å². The molecule has 21 heavy (non-hydrogen) atoms. The third-order valence-electron chi connectivity index (χ3n) is 3.23. The molecule has 0 aromatic heterocycles. The van der Waals surface area contributed by atoms with Crippen molar-refractivity contribution in [2.24, 2.45) is 0 Å². The van der Waals surface area contributed by atoms with Gasteiger partial charge >= 0.3 is 0 Å². The van der Waals surface area contributed by atoms with Crippen molar-refractivity contribution in [3.05, 3.63) is 58.1 Å². The first kappa shape index (κ1) is 14.5. The Hall–Kier alpha value is -1.46. The fraction of sp³-hybridized carbons (Fsp3) is 0.250. The highest BCUT2D eigenvalue weighted by Gasteiger charge is 2.20. The maximum absolute atomic E-state index is 13.1. The number of nitrogens with one attached hydrogen (secondary N) is 1. The summed E-state index contributed by atoms with van der Waals surface area (Å²) < 4.78 is 32.5. The predicted molar refractivity (Wildman–Crippen MR) is 80.4 cm³/mol. The van der Waals surface area contributed by atoms with Gasteiger partial charge in [-0.3, -0.25) is 0 Å². The van der Waals surface area contributed by atoms with Crippen molar-refractivity contribution >= 4 is 15.9 Å². The third-order valence-corrected chi connectivity index (χ3v) is 3.85. The number of ether oxygens (including phenoxy) is 1. The fourth-order valence-electron chi connectivity index (χ4n) is 2.00. The summed E-state index contributed by atoms with van der Waals surface area (Å²) in [6, 6.07) is 9.43. The number of rotatable bonds is 5. The van der Waals surface area contributed by atoms with E-state index in [1.165, 1.54) is 12.8 Å². The van der Waals surface area contributed by atoms with Crippen molar-refractivity contribution in [2.45, 2.75) is 25.4 Å². The van der Waals surface area contributed by atoms with E-state index in [1.807, 2.05) is 12.1 Å². The highest BCUT2D eigenvalue weighted by atomic mass is 79.9. The molecule has 2 nitrogen and oxygen atoms in total. The molecular formula is C16H14BrF2NO. The van der Waals surface area contributed by atoms with Crippen LogP contribution in [0.3, 0.4) is 0 Å². The number of hydrogen-bond acceptors (Lipinski definition) is 2. The zero-order valence-corrected chi connectivity index (χ0v) is 12.8. The van der Waals surface area contributed by atoms with Crippen LogP contribution in [0.1, 0.15) is 18.4 Å². The molecule has 0 heterocycles. The van der Waals surface area contributed by atoms with E-state index in [0.29, 0.717) is 11.8 Å². The lowest BCUT2D eigenvalue weighted by molar-refractivity contribution is 0.465. The average Bonchev–Trinajstić information content (AvgIpc) is 3.22. The van der Waals surface area contributed by atoms with Gasteiger partial charge < -0.3 is 10.1 Å². The monoisotopic (exact) mass is 353 g/mol. The van der Waals surface area contributed by atoms with Crippen molar-refractivity contribution in [3.8, 4) is 11.5 Å². The summed E-state index contributed by atoms with van der Waals surface area (Å²) in [6.07, 6.45) is 2.49. The highest BCUT2D eigenvalue weighted by molar-refractivity contribution is 9.10. The minimum atomic E-state index is -0.661. The van der Waals surface area contributed by atoms with Gasteiger partial charge in [0.15, 0.2) is 0 Å². The molecule has 1 fully saturated rings. The minimum Gasteiger partial charge on any atom is -0.456 e. The first-order valence-corrected chi connectivity index (χ1v) is 7.55. The third kappa shape index (κ3) is 4.02. The van der Waals surface area contributed by atoms with Crippen molar-refractivity contribution in [1.29, 1.82) is 0 Å². The van der Waals surface area contributed by atoms with Crippen LogP contribution >= 0.6 is 15.9 Å². The molecule has 2 aromatic carbocycles. The van der Waals surface area contributed by atoms with Crippen molar-refractivity contribution in [2.75, 3.05) is 0 Å². The lowest BCUT2D eigenvalue weighted by atomic mass is 10.2. The van der Waals surface area contributed by atoms with E-state index in [9.17, 15) is 8.78 Å². The van der Waals surface area contributed by atoms with Gasteiger partial charge in [0.05, 0.1) is 4.47 Å². The Kier molecular flexibility index (Phi) is 4.22. The first-order chi connectivity index (χ1) is 10.1.